The zero-order valence-electron chi connectivity index (χ0n) is 46.9. The minimum Gasteiger partial charge on any atom is -0.461 e. The lowest BCUT2D eigenvalue weighted by Gasteiger charge is -2.34. The maximum atomic E-state index is 15.5. The number of imide groups is 2. The summed E-state index contributed by atoms with van der Waals surface area (Å²) < 4.78 is 48.7. The maximum Gasteiger partial charge on any atom is 0.333 e. The first-order chi connectivity index (χ1) is 42.1. The van der Waals surface area contributed by atoms with Gasteiger partial charge in [0.25, 0.3) is 23.6 Å². The van der Waals surface area contributed by atoms with Gasteiger partial charge in [-0.05, 0) is 149 Å². The third kappa shape index (κ3) is 11.2. The fourth-order valence-electron chi connectivity index (χ4n) is 10.3. The van der Waals surface area contributed by atoms with Gasteiger partial charge in [0.15, 0.2) is 0 Å². The molecule has 88 heavy (non-hydrogen) atoms. The van der Waals surface area contributed by atoms with E-state index in [1.54, 1.807) is 97.1 Å². The highest BCUT2D eigenvalue weighted by Crippen LogP contribution is 2.58. The summed E-state index contributed by atoms with van der Waals surface area (Å²) in [5.74, 6) is -6.78. The van der Waals surface area contributed by atoms with Crippen LogP contribution >= 0.6 is 46.4 Å². The van der Waals surface area contributed by atoms with E-state index >= 15 is 19.2 Å². The summed E-state index contributed by atoms with van der Waals surface area (Å²) in [6.45, 7) is 11.0. The number of halogens is 4. The Morgan fingerprint density at radius 3 is 0.830 bits per heavy atom. The lowest BCUT2D eigenvalue weighted by molar-refractivity contribution is -0.153. The summed E-state index contributed by atoms with van der Waals surface area (Å²) in [6.07, 6.45) is 0. The van der Waals surface area contributed by atoms with Gasteiger partial charge in [-0.1, -0.05) is 59.6 Å². The standard InChI is InChI=1S/C66H46Cl4N2O16/c1-31(2)63(77)81-23-25-83-65(79)33(5)71-59(73)43-27-47(85-39-15-7-35(67)8-16-39)53-55-49(87-41-19-11-37(69)12-20-41)29-45-52-46(62(76)72(61(45)75)34(6)66(80)84-26-24-82-64(78)32(3)4)30-50(88-42-21-13-38(70)14-22-42)56(58(52)55)54-48(86-40-17-9-36(68)10-18-40)28-44(60(71)74)51(43)57(53)54/h7-22,27-30,33-34H,1,3,23-26H2,2,4-6H3. The molecule has 2 aliphatic heterocycles. The highest BCUT2D eigenvalue weighted by Gasteiger charge is 2.45. The van der Waals surface area contributed by atoms with E-state index in [4.69, 9.17) is 84.3 Å². The fourth-order valence-corrected chi connectivity index (χ4v) is 10.8. The van der Waals surface area contributed by atoms with E-state index in [9.17, 15) is 19.2 Å². The third-order valence-corrected chi connectivity index (χ3v) is 15.4. The molecule has 2 unspecified atom stereocenters. The van der Waals surface area contributed by atoms with E-state index in [0.29, 0.717) is 20.1 Å². The van der Waals surface area contributed by atoms with Crippen LogP contribution in [-0.2, 0) is 38.1 Å². The third-order valence-electron chi connectivity index (χ3n) is 14.4. The molecule has 9 aromatic carbocycles. The Balaban J connectivity index is 1.24. The second kappa shape index (κ2) is 24.2. The minimum atomic E-state index is -1.59. The number of benzene rings is 9. The molecule has 0 saturated heterocycles. The lowest BCUT2D eigenvalue weighted by Crippen LogP contribution is -2.50. The van der Waals surface area contributed by atoms with Gasteiger partial charge in [0.2, 0.25) is 0 Å². The number of carbonyl (C=O) groups excluding carboxylic acids is 8. The molecular formula is C66H46Cl4N2O16. The van der Waals surface area contributed by atoms with Gasteiger partial charge in [0.05, 0.1) is 22.3 Å². The maximum absolute atomic E-state index is 15.5. The zero-order chi connectivity index (χ0) is 62.6. The smallest absolute Gasteiger partial charge is 0.333 e. The average Bonchev–Trinajstić information content (AvgIpc) is 0.682. The molecule has 18 nitrogen and oxygen atoms in total. The second-order valence-electron chi connectivity index (χ2n) is 20.4. The molecule has 0 saturated carbocycles. The van der Waals surface area contributed by atoms with Crippen molar-refractivity contribution in [2.45, 2.75) is 39.8 Å². The molecule has 11 rings (SSSR count). The summed E-state index contributed by atoms with van der Waals surface area (Å²) in [5.41, 5.74) is -0.338. The largest absolute Gasteiger partial charge is 0.461 e. The number of fused-ring (bicyclic) bond motifs is 2. The van der Waals surface area contributed by atoms with Crippen LogP contribution in [0, 0.1) is 0 Å². The van der Waals surface area contributed by atoms with Crippen molar-refractivity contribution < 1.29 is 76.3 Å². The number of nitrogens with zero attached hydrogens (tertiary/aromatic N) is 2. The average molecular weight is 1260 g/mol. The fraction of sp³-hybridized carbons (Fsp3) is 0.152. The molecule has 2 heterocycles. The molecule has 2 aliphatic rings. The van der Waals surface area contributed by atoms with Crippen molar-refractivity contribution in [3.8, 4) is 46.0 Å². The summed E-state index contributed by atoms with van der Waals surface area (Å²) in [6, 6.07) is 27.6. The molecule has 9 aromatic rings. The number of hydrogen-bond acceptors (Lipinski definition) is 16. The van der Waals surface area contributed by atoms with Crippen molar-refractivity contribution >= 4 is 137 Å². The minimum absolute atomic E-state index is 0.0458. The van der Waals surface area contributed by atoms with E-state index in [0.717, 1.165) is 9.80 Å². The van der Waals surface area contributed by atoms with Gasteiger partial charge in [0.1, 0.15) is 84.5 Å². The van der Waals surface area contributed by atoms with Gasteiger partial charge in [-0.2, -0.15) is 0 Å². The van der Waals surface area contributed by atoms with Crippen molar-refractivity contribution in [1.29, 1.82) is 0 Å². The number of rotatable bonds is 20. The normalized spacial score (nSPS) is 13.4. The summed E-state index contributed by atoms with van der Waals surface area (Å²) in [7, 11) is 0. The Labute approximate surface area is 520 Å². The van der Waals surface area contributed by atoms with Crippen LogP contribution in [0.2, 0.25) is 20.1 Å². The van der Waals surface area contributed by atoms with Gasteiger partial charge in [-0.25, -0.2) is 19.2 Å². The molecule has 0 spiro atoms. The van der Waals surface area contributed by atoms with Gasteiger partial charge < -0.3 is 37.9 Å². The highest BCUT2D eigenvalue weighted by molar-refractivity contribution is 6.45. The Bertz CT molecular complexity index is 3970. The molecule has 444 valence electrons. The van der Waals surface area contributed by atoms with Crippen LogP contribution < -0.4 is 18.9 Å². The van der Waals surface area contributed by atoms with Gasteiger partial charge in [-0.15, -0.1) is 0 Å². The summed E-state index contributed by atoms with van der Waals surface area (Å²) in [5, 5.41) is 2.34. The van der Waals surface area contributed by atoms with Crippen molar-refractivity contribution in [3.63, 3.8) is 0 Å². The van der Waals surface area contributed by atoms with Crippen LogP contribution in [0.5, 0.6) is 46.0 Å². The van der Waals surface area contributed by atoms with E-state index in [1.807, 2.05) is 0 Å². The number of ether oxygens (including phenoxy) is 8. The lowest BCUT2D eigenvalue weighted by atomic mass is 9.80. The molecule has 0 N–H and O–H groups in total. The molecule has 0 aliphatic carbocycles. The molecule has 0 radical (unpaired) electrons. The summed E-state index contributed by atoms with van der Waals surface area (Å²) in [4.78, 5) is 116. The summed E-state index contributed by atoms with van der Waals surface area (Å²) >= 11 is 25.7. The Morgan fingerprint density at radius 1 is 0.375 bits per heavy atom. The van der Waals surface area contributed by atoms with E-state index in [-0.39, 0.29) is 136 Å². The van der Waals surface area contributed by atoms with Crippen LogP contribution in [-0.4, -0.2) is 95.8 Å². The Hall–Kier alpha value is -9.72. The predicted molar refractivity (Wildman–Crippen MR) is 327 cm³/mol. The van der Waals surface area contributed by atoms with Crippen LogP contribution in [0.3, 0.4) is 0 Å². The van der Waals surface area contributed by atoms with Crippen LogP contribution in [0.1, 0.15) is 69.1 Å². The zero-order valence-corrected chi connectivity index (χ0v) is 49.9. The topological polar surface area (TPSA) is 217 Å². The predicted octanol–water partition coefficient (Wildman–Crippen LogP) is 14.8. The quantitative estimate of drug-likeness (QED) is 0.0132. The number of hydrogen-bond donors (Lipinski definition) is 0. The molecule has 22 heteroatoms. The van der Waals surface area contributed by atoms with Gasteiger partial charge in [-0.3, -0.25) is 29.0 Å². The molecule has 0 bridgehead atoms. The van der Waals surface area contributed by atoms with Gasteiger partial charge >= 0.3 is 23.9 Å². The first-order valence-corrected chi connectivity index (χ1v) is 28.4. The van der Waals surface area contributed by atoms with Crippen LogP contribution in [0.15, 0.2) is 146 Å². The first-order valence-electron chi connectivity index (χ1n) is 26.9. The molecule has 4 amide bonds. The van der Waals surface area contributed by atoms with E-state index < -0.39 is 72.8 Å². The first kappa shape index (κ1) is 60.0. The van der Waals surface area contributed by atoms with Crippen molar-refractivity contribution in [3.05, 3.63) is 188 Å². The number of carbonyl (C=O) groups is 8. The van der Waals surface area contributed by atoms with Crippen LogP contribution in [0.4, 0.5) is 0 Å². The SMILES string of the molecule is C=C(C)C(=O)OCCOC(=O)C(C)N1C(=O)c2cc(Oc3ccc(Cl)cc3)c3c4c(Oc5ccc(Cl)cc5)cc5c6c(cc(Oc7ccc(Cl)cc7)c(c7c(Oc8ccc(Cl)cc8)cc(c2c37)C1=O)c64)C(=O)N(C(C)C(=O)OCCOC(=O)C(=C)C)C5=O. The van der Waals surface area contributed by atoms with Crippen molar-refractivity contribution in [2.24, 2.45) is 0 Å². The molecule has 0 fully saturated rings. The second-order valence-corrected chi connectivity index (χ2v) is 22.1. The number of esters is 4. The molecule has 2 atom stereocenters. The molecule has 0 aromatic heterocycles. The van der Waals surface area contributed by atoms with Crippen molar-refractivity contribution in [1.82, 2.24) is 9.80 Å². The van der Waals surface area contributed by atoms with E-state index in [1.165, 1.54) is 52.0 Å². The monoisotopic (exact) mass is 1260 g/mol. The molecular weight excluding hydrogens is 1220 g/mol. The highest BCUT2D eigenvalue weighted by atomic mass is 35.5. The van der Waals surface area contributed by atoms with Gasteiger partial charge in [0, 0.05) is 74.3 Å². The Morgan fingerprint density at radius 2 is 0.602 bits per heavy atom. The Kier molecular flexibility index (Phi) is 16.5. The van der Waals surface area contributed by atoms with Crippen molar-refractivity contribution in [2.75, 3.05) is 26.4 Å². The van der Waals surface area contributed by atoms with Crippen LogP contribution in [0.25, 0.3) is 43.1 Å². The number of amides is 4. The van der Waals surface area contributed by atoms with E-state index in [2.05, 4.69) is 13.2 Å².